The zero-order chi connectivity index (χ0) is 61.1. The molecule has 3 fully saturated rings. The summed E-state index contributed by atoms with van der Waals surface area (Å²) in [6.45, 7) is 15.7. The molecule has 24 heteroatoms. The molecule has 5 amide bonds. The standard InChI is InChI=1S/C61H73F5N12O6S/c1-36-31-77(32-37(2)73(36)7)50-27-48(63)46(26-49(50)71-56(82)45-13-12-43(62)24-47(45)61(64,65)66)41-16-18-76(19-17-41)59-68-29-40(30-69-59)33-74-20-22-75(23-21-74)53(81)15-14-52(80)72-55(60(4,5)6)58(84)78-34-44(79)25-51(78)57(83)67-28-39-8-10-42(11-9-39)54-38(3)70-35-85-54/h8-13,16,24,26-27,29-30,35-37,44,51,55,79H,14-15,17-23,25,28,31-34H2,1-7H3,(H,67,83)(H,71,82)(H,72,80)/t36-,37+,44-,51+,55-/m1/s1. The fourth-order valence-corrected chi connectivity index (χ4v) is 12.2. The van der Waals surface area contributed by atoms with Gasteiger partial charge in [-0.1, -0.05) is 51.1 Å². The van der Waals surface area contributed by atoms with Gasteiger partial charge in [-0.3, -0.25) is 33.8 Å². The van der Waals surface area contributed by atoms with E-state index in [0.29, 0.717) is 82.5 Å². The molecule has 6 heterocycles. The van der Waals surface area contributed by atoms with Crippen LogP contribution >= 0.6 is 11.3 Å². The molecule has 3 saturated heterocycles. The maximum absolute atomic E-state index is 16.3. The van der Waals surface area contributed by atoms with Crippen LogP contribution in [0, 0.1) is 24.0 Å². The molecule has 85 heavy (non-hydrogen) atoms. The van der Waals surface area contributed by atoms with Gasteiger partial charge >= 0.3 is 6.18 Å². The Morgan fingerprint density at radius 2 is 1.53 bits per heavy atom. The first-order valence-electron chi connectivity index (χ1n) is 28.6. The molecular formula is C61H73F5N12O6S. The molecule has 454 valence electrons. The van der Waals surface area contributed by atoms with E-state index in [0.717, 1.165) is 39.4 Å². The summed E-state index contributed by atoms with van der Waals surface area (Å²) in [5, 5.41) is 19.0. The third kappa shape index (κ3) is 14.8. The molecule has 5 aromatic rings. The van der Waals surface area contributed by atoms with Gasteiger partial charge in [0.15, 0.2) is 0 Å². The summed E-state index contributed by atoms with van der Waals surface area (Å²) in [5.41, 5.74) is 3.76. The molecule has 9 rings (SSSR count). The van der Waals surface area contributed by atoms with Crippen LogP contribution in [0.3, 0.4) is 0 Å². The molecule has 0 aliphatic carbocycles. The molecule has 0 saturated carbocycles. The van der Waals surface area contributed by atoms with E-state index in [2.05, 4.69) is 40.7 Å². The van der Waals surface area contributed by atoms with Crippen molar-refractivity contribution in [2.24, 2.45) is 5.41 Å². The third-order valence-corrected chi connectivity index (χ3v) is 17.5. The number of β-amino-alcohol motifs (C(OH)–C–C–N with tert-alkyl or cyclic N) is 1. The Kier molecular flexibility index (Phi) is 19.0. The van der Waals surface area contributed by atoms with Gasteiger partial charge in [0.25, 0.3) is 5.91 Å². The monoisotopic (exact) mass is 1200 g/mol. The summed E-state index contributed by atoms with van der Waals surface area (Å²) in [5.74, 6) is -3.93. The lowest BCUT2D eigenvalue weighted by Crippen LogP contribution is -2.57. The number of halogens is 5. The van der Waals surface area contributed by atoms with Crippen LogP contribution in [-0.2, 0) is 38.4 Å². The van der Waals surface area contributed by atoms with Crippen LogP contribution in [0.1, 0.15) is 98.6 Å². The normalized spacial score (nSPS) is 20.3. The highest BCUT2D eigenvalue weighted by Crippen LogP contribution is 2.39. The van der Waals surface area contributed by atoms with Crippen LogP contribution in [0.15, 0.2) is 78.6 Å². The fourth-order valence-electron chi connectivity index (χ4n) is 11.4. The van der Waals surface area contributed by atoms with Gasteiger partial charge in [-0.15, -0.1) is 11.3 Å². The van der Waals surface area contributed by atoms with Crippen molar-refractivity contribution in [2.75, 3.05) is 81.1 Å². The number of amides is 5. The highest BCUT2D eigenvalue weighted by atomic mass is 32.1. The average Bonchev–Trinajstić information content (AvgIpc) is 4.18. The number of thiazole rings is 1. The smallest absolute Gasteiger partial charge is 0.391 e. The molecule has 4 aliphatic heterocycles. The number of hydrogen-bond donors (Lipinski definition) is 4. The van der Waals surface area contributed by atoms with Gasteiger partial charge < -0.3 is 40.7 Å². The van der Waals surface area contributed by atoms with Crippen molar-refractivity contribution in [3.8, 4) is 10.4 Å². The number of alkyl halides is 3. The molecule has 5 atom stereocenters. The van der Waals surface area contributed by atoms with Crippen LogP contribution < -0.4 is 25.8 Å². The lowest BCUT2D eigenvalue weighted by molar-refractivity contribution is -0.144. The molecule has 0 radical (unpaired) electrons. The first kappa shape index (κ1) is 62.1. The van der Waals surface area contributed by atoms with Gasteiger partial charge in [-0.2, -0.15) is 13.2 Å². The molecule has 0 unspecified atom stereocenters. The van der Waals surface area contributed by atoms with Gasteiger partial charge in [0.1, 0.15) is 23.7 Å². The third-order valence-electron chi connectivity index (χ3n) is 16.5. The maximum atomic E-state index is 16.3. The Bertz CT molecular complexity index is 3280. The Hall–Kier alpha value is -7.41. The van der Waals surface area contributed by atoms with Gasteiger partial charge in [-0.25, -0.2) is 23.7 Å². The minimum atomic E-state index is -5.01. The number of likely N-dealkylation sites (tertiary alicyclic amines) is 1. The number of hydrogen-bond acceptors (Lipinski definition) is 14. The van der Waals surface area contributed by atoms with Crippen molar-refractivity contribution in [1.29, 1.82) is 0 Å². The number of aliphatic hydroxyl groups is 1. The molecule has 0 bridgehead atoms. The number of carbonyl (C=O) groups excluding carboxylic acids is 5. The van der Waals surface area contributed by atoms with Crippen LogP contribution in [0.2, 0.25) is 0 Å². The predicted molar refractivity (Wildman–Crippen MR) is 314 cm³/mol. The van der Waals surface area contributed by atoms with Gasteiger partial charge in [0, 0.05) is 127 Å². The van der Waals surface area contributed by atoms with Crippen molar-refractivity contribution in [2.45, 2.75) is 117 Å². The summed E-state index contributed by atoms with van der Waals surface area (Å²) >= 11 is 1.55. The zero-order valence-electron chi connectivity index (χ0n) is 48.8. The van der Waals surface area contributed by atoms with E-state index in [-0.39, 0.29) is 67.7 Å². The number of nitrogens with one attached hydrogen (secondary N) is 3. The first-order valence-corrected chi connectivity index (χ1v) is 29.5. The van der Waals surface area contributed by atoms with Gasteiger partial charge in [-0.05, 0) is 86.7 Å². The minimum Gasteiger partial charge on any atom is -0.391 e. The zero-order valence-corrected chi connectivity index (χ0v) is 49.6. The summed E-state index contributed by atoms with van der Waals surface area (Å²) < 4.78 is 72.4. The highest BCUT2D eigenvalue weighted by Gasteiger charge is 2.45. The Morgan fingerprint density at radius 1 is 0.835 bits per heavy atom. The van der Waals surface area contributed by atoms with Gasteiger partial charge in [0.05, 0.1) is 44.7 Å². The summed E-state index contributed by atoms with van der Waals surface area (Å²) in [4.78, 5) is 94.1. The van der Waals surface area contributed by atoms with E-state index in [4.69, 9.17) is 0 Å². The van der Waals surface area contributed by atoms with E-state index in [1.54, 1.807) is 54.9 Å². The van der Waals surface area contributed by atoms with Crippen LogP contribution in [0.4, 0.5) is 39.3 Å². The predicted octanol–water partition coefficient (Wildman–Crippen LogP) is 7.51. The summed E-state index contributed by atoms with van der Waals surface area (Å²) in [7, 11) is 1.98. The van der Waals surface area contributed by atoms with Crippen LogP contribution in [0.25, 0.3) is 16.0 Å². The van der Waals surface area contributed by atoms with E-state index in [1.807, 2.05) is 68.0 Å². The molecule has 3 aromatic carbocycles. The number of piperazine rings is 2. The second-order valence-corrected chi connectivity index (χ2v) is 24.5. The Labute approximate surface area is 495 Å². The second kappa shape index (κ2) is 26.1. The Morgan fingerprint density at radius 3 is 2.15 bits per heavy atom. The molecule has 4 N–H and O–H groups in total. The Balaban J connectivity index is 0.749. The summed E-state index contributed by atoms with van der Waals surface area (Å²) in [6, 6.07) is 10.5. The lowest BCUT2D eigenvalue weighted by Gasteiger charge is -2.44. The lowest BCUT2D eigenvalue weighted by atomic mass is 9.85. The van der Waals surface area contributed by atoms with Crippen molar-refractivity contribution >= 4 is 63.8 Å². The number of rotatable bonds is 16. The molecule has 2 aromatic heterocycles. The number of benzene rings is 3. The first-order chi connectivity index (χ1) is 40.3. The molecule has 18 nitrogen and oxygen atoms in total. The second-order valence-electron chi connectivity index (χ2n) is 23.7. The van der Waals surface area contributed by atoms with E-state index in [1.165, 1.54) is 17.0 Å². The summed E-state index contributed by atoms with van der Waals surface area (Å²) in [6.07, 6.45) is -0.436. The van der Waals surface area contributed by atoms with Crippen LogP contribution in [0.5, 0.6) is 0 Å². The van der Waals surface area contributed by atoms with Crippen molar-refractivity contribution < 1.29 is 51.0 Å². The average molecular weight is 1200 g/mol. The quantitative estimate of drug-likeness (QED) is 0.0709. The van der Waals surface area contributed by atoms with E-state index < -0.39 is 76.2 Å². The number of aryl methyl sites for hydroxylation is 1. The van der Waals surface area contributed by atoms with Gasteiger partial charge in [0.2, 0.25) is 29.6 Å². The van der Waals surface area contributed by atoms with Crippen LogP contribution in [-0.4, -0.2) is 165 Å². The molecule has 0 spiro atoms. The number of aromatic nitrogens is 3. The van der Waals surface area contributed by atoms with E-state index >= 15 is 4.39 Å². The van der Waals surface area contributed by atoms with E-state index in [9.17, 15) is 46.6 Å². The number of carbonyl (C=O) groups is 5. The van der Waals surface area contributed by atoms with Crippen molar-refractivity contribution in [3.63, 3.8) is 0 Å². The highest BCUT2D eigenvalue weighted by molar-refractivity contribution is 7.13. The topological polar surface area (TPSA) is 200 Å². The van der Waals surface area contributed by atoms with Crippen molar-refractivity contribution in [3.05, 3.63) is 124 Å². The number of aliphatic hydroxyl groups excluding tert-OH is 1. The number of anilines is 3. The minimum absolute atomic E-state index is 0.0392. The van der Waals surface area contributed by atoms with Crippen molar-refractivity contribution in [1.82, 2.24) is 45.2 Å². The largest absolute Gasteiger partial charge is 0.417 e. The fraction of sp³-hybridized carbons (Fsp3) is 0.475. The molecular weight excluding hydrogens is 1120 g/mol. The molecule has 4 aliphatic rings. The SMILES string of the molecule is Cc1ncsc1-c1ccc(CNC(=O)[C@@H]2C[C@@H](O)CN2C(=O)[C@@H](NC(=O)CCC(=O)N2CCN(Cc3cnc(N4CC=C(c5cc(NC(=O)c6ccc(F)cc6C(F)(F)F)c(N6C[C@@H](C)N(C)[C@@H](C)C6)cc5F)CC4)nc3)CC2)C(C)(C)C)cc1. The number of nitrogens with zero attached hydrogens (tertiary/aromatic N) is 9. The maximum Gasteiger partial charge on any atom is 0.417 e. The number of likely N-dealkylation sites (N-methyl/N-ethyl adjacent to an activating group) is 1.